The van der Waals surface area contributed by atoms with Crippen LogP contribution in [0.2, 0.25) is 0 Å². The van der Waals surface area contributed by atoms with Gasteiger partial charge < -0.3 is 5.32 Å². The van der Waals surface area contributed by atoms with E-state index < -0.39 is 11.6 Å². The first kappa shape index (κ1) is 11.3. The summed E-state index contributed by atoms with van der Waals surface area (Å²) in [6, 6.07) is 3.45. The molecule has 78 valence electrons. The van der Waals surface area contributed by atoms with Crippen LogP contribution in [0.3, 0.4) is 0 Å². The number of halogens is 2. The zero-order chi connectivity index (χ0) is 10.4. The van der Waals surface area contributed by atoms with Gasteiger partial charge in [0.1, 0.15) is 11.6 Å². The smallest absolute Gasteiger partial charge is 0.128 e. The summed E-state index contributed by atoms with van der Waals surface area (Å²) in [5.74, 6) is 0.902. The Kier molecular flexibility index (Phi) is 4.73. The topological polar surface area (TPSA) is 12.0 Å². The molecule has 4 heteroatoms. The van der Waals surface area contributed by atoms with Crippen molar-refractivity contribution >= 4 is 17.4 Å². The first-order chi connectivity index (χ1) is 6.72. The lowest BCUT2D eigenvalue weighted by atomic mass is 10.3. The van der Waals surface area contributed by atoms with Crippen LogP contribution in [0.15, 0.2) is 18.2 Å². The summed E-state index contributed by atoms with van der Waals surface area (Å²) in [6.45, 7) is 2.80. The van der Waals surface area contributed by atoms with Gasteiger partial charge in [-0.2, -0.15) is 11.8 Å². The summed E-state index contributed by atoms with van der Waals surface area (Å²) in [6.07, 6.45) is 0. The minimum Gasteiger partial charge on any atom is -0.384 e. The van der Waals surface area contributed by atoms with Gasteiger partial charge in [-0.15, -0.1) is 0 Å². The van der Waals surface area contributed by atoms with Crippen LogP contribution in [-0.4, -0.2) is 18.1 Å². The van der Waals surface area contributed by atoms with E-state index in [1.165, 1.54) is 12.1 Å². The summed E-state index contributed by atoms with van der Waals surface area (Å²) in [5.41, 5.74) is 0.499. The molecule has 0 aliphatic rings. The fraction of sp³-hybridized carbons (Fsp3) is 0.400. The number of hydrogen-bond donors (Lipinski definition) is 1. The number of thioether (sulfide) groups is 1. The molecule has 1 aromatic carbocycles. The quantitative estimate of drug-likeness (QED) is 0.760. The van der Waals surface area contributed by atoms with Gasteiger partial charge in [-0.25, -0.2) is 8.78 Å². The van der Waals surface area contributed by atoms with Gasteiger partial charge >= 0.3 is 0 Å². The molecule has 1 aromatic rings. The van der Waals surface area contributed by atoms with Gasteiger partial charge in [0.05, 0.1) is 0 Å². The Bertz CT molecular complexity index is 271. The Morgan fingerprint density at radius 2 is 1.86 bits per heavy atom. The highest BCUT2D eigenvalue weighted by Crippen LogP contribution is 2.12. The third-order valence-electron chi connectivity index (χ3n) is 1.64. The maximum absolute atomic E-state index is 12.7. The maximum atomic E-state index is 12.7. The number of anilines is 1. The van der Waals surface area contributed by atoms with E-state index in [2.05, 4.69) is 12.2 Å². The monoisotopic (exact) mass is 217 g/mol. The van der Waals surface area contributed by atoms with Crippen LogP contribution < -0.4 is 5.32 Å². The lowest BCUT2D eigenvalue weighted by Gasteiger charge is -2.05. The van der Waals surface area contributed by atoms with E-state index in [1.54, 1.807) is 11.8 Å². The Hall–Kier alpha value is -0.770. The van der Waals surface area contributed by atoms with E-state index in [9.17, 15) is 8.78 Å². The van der Waals surface area contributed by atoms with Crippen LogP contribution >= 0.6 is 11.8 Å². The molecule has 0 atom stereocenters. The van der Waals surface area contributed by atoms with Gasteiger partial charge in [-0.1, -0.05) is 6.92 Å². The second-order valence-electron chi connectivity index (χ2n) is 2.78. The molecule has 1 nitrogen and oxygen atoms in total. The van der Waals surface area contributed by atoms with Crippen LogP contribution in [0, 0.1) is 11.6 Å². The summed E-state index contributed by atoms with van der Waals surface area (Å²) < 4.78 is 25.4. The predicted molar refractivity (Wildman–Crippen MR) is 57.8 cm³/mol. The van der Waals surface area contributed by atoms with Gasteiger partial charge in [0, 0.05) is 24.1 Å². The molecule has 0 amide bonds. The molecule has 0 saturated heterocycles. The fourth-order valence-corrected chi connectivity index (χ4v) is 1.60. The average Bonchev–Trinajstić information content (AvgIpc) is 2.11. The van der Waals surface area contributed by atoms with E-state index in [0.717, 1.165) is 24.1 Å². The Balaban J connectivity index is 2.42. The third-order valence-corrected chi connectivity index (χ3v) is 2.54. The number of hydrogen-bond acceptors (Lipinski definition) is 2. The standard InChI is InChI=1S/C10H13F2NS/c1-2-14-4-3-13-10-6-8(11)5-9(12)7-10/h5-7,13H,2-4H2,1H3. The van der Waals surface area contributed by atoms with Gasteiger partial charge in [0.2, 0.25) is 0 Å². The second kappa shape index (κ2) is 5.86. The molecular weight excluding hydrogens is 204 g/mol. The zero-order valence-electron chi connectivity index (χ0n) is 8.02. The van der Waals surface area contributed by atoms with Crippen molar-refractivity contribution in [1.29, 1.82) is 0 Å². The average molecular weight is 217 g/mol. The molecule has 1 N–H and O–H groups in total. The van der Waals surface area contributed by atoms with Crippen molar-refractivity contribution in [2.75, 3.05) is 23.4 Å². The molecule has 0 fully saturated rings. The summed E-state index contributed by atoms with van der Waals surface area (Å²) in [7, 11) is 0. The van der Waals surface area contributed by atoms with Crippen molar-refractivity contribution in [3.8, 4) is 0 Å². The first-order valence-electron chi connectivity index (χ1n) is 4.50. The Morgan fingerprint density at radius 1 is 1.21 bits per heavy atom. The Labute approximate surface area is 86.9 Å². The van der Waals surface area contributed by atoms with Crippen molar-refractivity contribution in [3.63, 3.8) is 0 Å². The van der Waals surface area contributed by atoms with E-state index in [1.807, 2.05) is 0 Å². The van der Waals surface area contributed by atoms with E-state index in [-0.39, 0.29) is 0 Å². The SMILES string of the molecule is CCSCCNc1cc(F)cc(F)c1. The Morgan fingerprint density at radius 3 is 2.43 bits per heavy atom. The zero-order valence-corrected chi connectivity index (χ0v) is 8.83. The highest BCUT2D eigenvalue weighted by atomic mass is 32.2. The van der Waals surface area contributed by atoms with Crippen molar-refractivity contribution in [1.82, 2.24) is 0 Å². The number of benzene rings is 1. The largest absolute Gasteiger partial charge is 0.384 e. The number of rotatable bonds is 5. The summed E-state index contributed by atoms with van der Waals surface area (Å²) >= 11 is 1.79. The fourth-order valence-electron chi connectivity index (χ4n) is 1.07. The van der Waals surface area contributed by atoms with Gasteiger partial charge in [0.15, 0.2) is 0 Å². The van der Waals surface area contributed by atoms with E-state index in [4.69, 9.17) is 0 Å². The van der Waals surface area contributed by atoms with E-state index in [0.29, 0.717) is 5.69 Å². The minimum atomic E-state index is -0.546. The molecule has 14 heavy (non-hydrogen) atoms. The van der Waals surface area contributed by atoms with Gasteiger partial charge in [0.25, 0.3) is 0 Å². The molecule has 0 heterocycles. The van der Waals surface area contributed by atoms with Crippen molar-refractivity contribution < 1.29 is 8.78 Å². The maximum Gasteiger partial charge on any atom is 0.128 e. The minimum absolute atomic E-state index is 0.499. The molecule has 0 saturated carbocycles. The highest BCUT2D eigenvalue weighted by molar-refractivity contribution is 7.99. The third kappa shape index (κ3) is 3.96. The number of nitrogens with one attached hydrogen (secondary N) is 1. The van der Waals surface area contributed by atoms with Crippen LogP contribution in [0.1, 0.15) is 6.92 Å². The molecule has 0 aliphatic heterocycles. The van der Waals surface area contributed by atoms with Crippen LogP contribution in [-0.2, 0) is 0 Å². The molecule has 0 unspecified atom stereocenters. The first-order valence-corrected chi connectivity index (χ1v) is 5.65. The second-order valence-corrected chi connectivity index (χ2v) is 4.18. The molecule has 0 radical (unpaired) electrons. The molecule has 0 aliphatic carbocycles. The predicted octanol–water partition coefficient (Wildman–Crippen LogP) is 3.13. The van der Waals surface area contributed by atoms with Crippen LogP contribution in [0.5, 0.6) is 0 Å². The molecule has 0 bridgehead atoms. The lowest BCUT2D eigenvalue weighted by molar-refractivity contribution is 0.584. The van der Waals surface area contributed by atoms with Crippen LogP contribution in [0.25, 0.3) is 0 Å². The normalized spacial score (nSPS) is 10.2. The molecule has 0 aromatic heterocycles. The van der Waals surface area contributed by atoms with Gasteiger partial charge in [-0.3, -0.25) is 0 Å². The summed E-state index contributed by atoms with van der Waals surface area (Å²) in [4.78, 5) is 0. The summed E-state index contributed by atoms with van der Waals surface area (Å²) in [5, 5.41) is 2.96. The van der Waals surface area contributed by atoms with Crippen molar-refractivity contribution in [2.24, 2.45) is 0 Å². The molecular formula is C10H13F2NS. The van der Waals surface area contributed by atoms with Crippen molar-refractivity contribution in [3.05, 3.63) is 29.8 Å². The lowest BCUT2D eigenvalue weighted by Crippen LogP contribution is -2.04. The molecule has 1 rings (SSSR count). The van der Waals surface area contributed by atoms with Crippen molar-refractivity contribution in [2.45, 2.75) is 6.92 Å². The van der Waals surface area contributed by atoms with E-state index >= 15 is 0 Å². The van der Waals surface area contributed by atoms with Gasteiger partial charge in [-0.05, 0) is 17.9 Å². The molecule has 0 spiro atoms. The van der Waals surface area contributed by atoms with Crippen LogP contribution in [0.4, 0.5) is 14.5 Å². The highest BCUT2D eigenvalue weighted by Gasteiger charge is 1.99.